The number of ether oxygens (including phenoxy) is 1. The molecule has 0 atom stereocenters. The van der Waals surface area contributed by atoms with Crippen LogP contribution in [0, 0.1) is 5.41 Å². The molecule has 7 nitrogen and oxygen atoms in total. The van der Waals surface area contributed by atoms with Gasteiger partial charge in [-0.15, -0.1) is 5.06 Å². The van der Waals surface area contributed by atoms with Crippen LogP contribution in [0.2, 0.25) is 0 Å². The zero-order valence-corrected chi connectivity index (χ0v) is 11.3. The van der Waals surface area contributed by atoms with E-state index in [1.807, 2.05) is 0 Å². The van der Waals surface area contributed by atoms with Crippen LogP contribution in [0.3, 0.4) is 0 Å². The van der Waals surface area contributed by atoms with E-state index in [1.165, 1.54) is 0 Å². The molecule has 0 aromatic heterocycles. The second kappa shape index (κ2) is 5.60. The molecule has 2 rings (SSSR count). The van der Waals surface area contributed by atoms with Crippen molar-refractivity contribution in [3.05, 3.63) is 0 Å². The van der Waals surface area contributed by atoms with Crippen molar-refractivity contribution in [1.29, 1.82) is 0 Å². The molecule has 1 aliphatic carbocycles. The summed E-state index contributed by atoms with van der Waals surface area (Å²) < 4.78 is 4.94. The highest BCUT2D eigenvalue weighted by molar-refractivity contribution is 6.04. The van der Waals surface area contributed by atoms with E-state index >= 15 is 0 Å². The first-order chi connectivity index (χ1) is 9.51. The van der Waals surface area contributed by atoms with E-state index < -0.39 is 29.2 Å². The number of hydroxylamine groups is 2. The normalized spacial score (nSPS) is 21.1. The van der Waals surface area contributed by atoms with Crippen molar-refractivity contribution in [1.82, 2.24) is 5.06 Å². The van der Waals surface area contributed by atoms with Crippen LogP contribution >= 0.6 is 0 Å². The molecule has 1 saturated heterocycles. The number of rotatable bonds is 4. The molecular weight excluding hydrogens is 266 g/mol. The van der Waals surface area contributed by atoms with Crippen LogP contribution < -0.4 is 0 Å². The Morgan fingerprint density at radius 3 is 2.15 bits per heavy atom. The highest BCUT2D eigenvalue weighted by Gasteiger charge is 2.52. The van der Waals surface area contributed by atoms with Gasteiger partial charge >= 0.3 is 11.9 Å². The molecule has 110 valence electrons. The Labute approximate surface area is 116 Å². The first-order valence-electron chi connectivity index (χ1n) is 6.76. The molecule has 0 N–H and O–H groups in total. The Balaban J connectivity index is 2.13. The van der Waals surface area contributed by atoms with Crippen LogP contribution in [-0.2, 0) is 28.8 Å². The van der Waals surface area contributed by atoms with Crippen molar-refractivity contribution in [2.45, 2.75) is 45.4 Å². The second-order valence-corrected chi connectivity index (χ2v) is 4.97. The summed E-state index contributed by atoms with van der Waals surface area (Å²) in [7, 11) is 0. The molecule has 0 radical (unpaired) electrons. The lowest BCUT2D eigenvalue weighted by molar-refractivity contribution is -0.208. The standard InChI is InChI=1S/C13H17NO6/c1-2-19-11(17)13(7-3-4-8-13)12(18)20-14-9(15)5-6-10(14)16/h2-8H2,1H3. The first-order valence-corrected chi connectivity index (χ1v) is 6.76. The number of imide groups is 1. The molecule has 0 aromatic rings. The SMILES string of the molecule is CCOC(=O)C1(C(=O)ON2C(=O)CCC2=O)CCCC1. The Bertz CT molecular complexity index is 436. The lowest BCUT2D eigenvalue weighted by atomic mass is 9.86. The van der Waals surface area contributed by atoms with Crippen molar-refractivity contribution in [2.75, 3.05) is 6.61 Å². The van der Waals surface area contributed by atoms with E-state index in [0.717, 1.165) is 0 Å². The van der Waals surface area contributed by atoms with E-state index in [-0.39, 0.29) is 19.4 Å². The monoisotopic (exact) mass is 283 g/mol. The minimum atomic E-state index is -1.38. The lowest BCUT2D eigenvalue weighted by Gasteiger charge is -2.25. The summed E-state index contributed by atoms with van der Waals surface area (Å²) in [6.45, 7) is 1.81. The van der Waals surface area contributed by atoms with Gasteiger partial charge in [-0.25, -0.2) is 4.79 Å². The minimum absolute atomic E-state index is 0.0263. The van der Waals surface area contributed by atoms with Gasteiger partial charge in [0.25, 0.3) is 11.8 Å². The zero-order chi connectivity index (χ0) is 14.8. The summed E-state index contributed by atoms with van der Waals surface area (Å²) in [6.07, 6.45) is 2.10. The van der Waals surface area contributed by atoms with Gasteiger partial charge in [0.05, 0.1) is 6.61 Å². The van der Waals surface area contributed by atoms with Crippen LogP contribution in [0.25, 0.3) is 0 Å². The van der Waals surface area contributed by atoms with Crippen LogP contribution in [-0.4, -0.2) is 35.4 Å². The van der Waals surface area contributed by atoms with Gasteiger partial charge in [0, 0.05) is 12.8 Å². The predicted molar refractivity (Wildman–Crippen MR) is 64.7 cm³/mol. The van der Waals surface area contributed by atoms with Gasteiger partial charge in [-0.05, 0) is 19.8 Å². The summed E-state index contributed by atoms with van der Waals surface area (Å²) in [6, 6.07) is 0. The van der Waals surface area contributed by atoms with Crippen LogP contribution in [0.4, 0.5) is 0 Å². The highest BCUT2D eigenvalue weighted by Crippen LogP contribution is 2.41. The lowest BCUT2D eigenvalue weighted by Crippen LogP contribution is -2.44. The number of amides is 2. The van der Waals surface area contributed by atoms with Crippen LogP contribution in [0.5, 0.6) is 0 Å². The molecule has 1 saturated carbocycles. The fourth-order valence-corrected chi connectivity index (χ4v) is 2.57. The van der Waals surface area contributed by atoms with Gasteiger partial charge in [0.15, 0.2) is 5.41 Å². The highest BCUT2D eigenvalue weighted by atomic mass is 16.7. The Morgan fingerprint density at radius 1 is 1.10 bits per heavy atom. The zero-order valence-electron chi connectivity index (χ0n) is 11.3. The fraction of sp³-hybridized carbons (Fsp3) is 0.692. The molecule has 0 spiro atoms. The van der Waals surface area contributed by atoms with E-state index in [0.29, 0.717) is 30.7 Å². The van der Waals surface area contributed by atoms with Gasteiger partial charge in [0.2, 0.25) is 0 Å². The first kappa shape index (κ1) is 14.5. The second-order valence-electron chi connectivity index (χ2n) is 4.97. The van der Waals surface area contributed by atoms with Crippen molar-refractivity contribution in [3.63, 3.8) is 0 Å². The molecule has 0 bridgehead atoms. The van der Waals surface area contributed by atoms with Crippen molar-refractivity contribution in [3.8, 4) is 0 Å². The smallest absolute Gasteiger partial charge is 0.350 e. The third-order valence-electron chi connectivity index (χ3n) is 3.69. The molecular formula is C13H17NO6. The molecule has 20 heavy (non-hydrogen) atoms. The number of carbonyl (C=O) groups is 4. The summed E-state index contributed by atoms with van der Waals surface area (Å²) in [5, 5.41) is 0.474. The minimum Gasteiger partial charge on any atom is -0.465 e. The maximum Gasteiger partial charge on any atom is 0.350 e. The molecule has 0 aromatic carbocycles. The molecule has 2 amide bonds. The molecule has 7 heteroatoms. The third kappa shape index (κ3) is 2.39. The summed E-state index contributed by atoms with van der Waals surface area (Å²) in [5.74, 6) is -2.61. The van der Waals surface area contributed by atoms with Crippen LogP contribution in [0.15, 0.2) is 0 Å². The van der Waals surface area contributed by atoms with Gasteiger partial charge in [-0.1, -0.05) is 12.8 Å². The van der Waals surface area contributed by atoms with E-state index in [1.54, 1.807) is 6.92 Å². The van der Waals surface area contributed by atoms with Crippen molar-refractivity contribution < 1.29 is 28.8 Å². The van der Waals surface area contributed by atoms with E-state index in [9.17, 15) is 19.2 Å². The van der Waals surface area contributed by atoms with Gasteiger partial charge in [0.1, 0.15) is 0 Å². The van der Waals surface area contributed by atoms with Crippen molar-refractivity contribution >= 4 is 23.8 Å². The molecule has 0 unspecified atom stereocenters. The maximum absolute atomic E-state index is 12.3. The van der Waals surface area contributed by atoms with Gasteiger partial charge < -0.3 is 9.57 Å². The molecule has 1 heterocycles. The van der Waals surface area contributed by atoms with E-state index in [4.69, 9.17) is 9.57 Å². The van der Waals surface area contributed by atoms with Crippen LogP contribution in [0.1, 0.15) is 45.4 Å². The average molecular weight is 283 g/mol. The average Bonchev–Trinajstić information content (AvgIpc) is 3.02. The summed E-state index contributed by atoms with van der Waals surface area (Å²) in [4.78, 5) is 52.1. The molecule has 2 fully saturated rings. The number of hydrogen-bond acceptors (Lipinski definition) is 6. The van der Waals surface area contributed by atoms with Gasteiger partial charge in [-0.2, -0.15) is 0 Å². The topological polar surface area (TPSA) is 90.0 Å². The largest absolute Gasteiger partial charge is 0.465 e. The molecule has 2 aliphatic rings. The fourth-order valence-electron chi connectivity index (χ4n) is 2.57. The Hall–Kier alpha value is -1.92. The summed E-state index contributed by atoms with van der Waals surface area (Å²) in [5.41, 5.74) is -1.38. The van der Waals surface area contributed by atoms with Crippen molar-refractivity contribution in [2.24, 2.45) is 5.41 Å². The quantitative estimate of drug-likeness (QED) is 0.429. The molecule has 1 aliphatic heterocycles. The third-order valence-corrected chi connectivity index (χ3v) is 3.69. The predicted octanol–water partition coefficient (Wildman–Crippen LogP) is 0.717. The number of esters is 1. The number of carbonyl (C=O) groups excluding carboxylic acids is 4. The number of nitrogens with zero attached hydrogens (tertiary/aromatic N) is 1. The summed E-state index contributed by atoms with van der Waals surface area (Å²) >= 11 is 0. The maximum atomic E-state index is 12.3. The van der Waals surface area contributed by atoms with E-state index in [2.05, 4.69) is 0 Å². The Morgan fingerprint density at radius 2 is 1.65 bits per heavy atom. The number of hydrogen-bond donors (Lipinski definition) is 0. The van der Waals surface area contributed by atoms with Gasteiger partial charge in [-0.3, -0.25) is 14.4 Å². The Kier molecular flexibility index (Phi) is 4.06.